The minimum absolute atomic E-state index is 0.0659. The van der Waals surface area contributed by atoms with Crippen LogP contribution in [0.1, 0.15) is 11.7 Å². The van der Waals surface area contributed by atoms with Crippen molar-refractivity contribution in [2.75, 3.05) is 6.61 Å². The molecule has 2 fully saturated rings. The Morgan fingerprint density at radius 2 is 1.74 bits per heavy atom. The van der Waals surface area contributed by atoms with Crippen molar-refractivity contribution in [3.05, 3.63) is 35.9 Å². The van der Waals surface area contributed by atoms with Gasteiger partial charge in [-0.2, -0.15) is 0 Å². The van der Waals surface area contributed by atoms with Gasteiger partial charge in [0.15, 0.2) is 12.4 Å². The quantitative estimate of drug-likeness (QED) is 0.509. The first-order chi connectivity index (χ1) is 11.0. The van der Waals surface area contributed by atoms with Gasteiger partial charge in [0.2, 0.25) is 0 Å². The molecule has 0 amide bonds. The smallest absolute Gasteiger partial charge is 0.335 e. The largest absolute Gasteiger partial charge is 0.479 e. The van der Waals surface area contributed by atoms with Gasteiger partial charge in [0.05, 0.1) is 6.61 Å². The molecule has 2 aliphatic rings. The number of aliphatic hydroxyl groups excluding tert-OH is 3. The molecular weight excluding hydrogens is 308 g/mol. The van der Waals surface area contributed by atoms with Gasteiger partial charge in [-0.15, -0.1) is 0 Å². The third kappa shape index (κ3) is 3.37. The van der Waals surface area contributed by atoms with Crippen molar-refractivity contribution in [3.8, 4) is 0 Å². The lowest BCUT2D eigenvalue weighted by Crippen LogP contribution is -2.60. The Morgan fingerprint density at radius 3 is 2.39 bits per heavy atom. The monoisotopic (exact) mass is 326 g/mol. The van der Waals surface area contributed by atoms with Crippen LogP contribution in [0.2, 0.25) is 0 Å². The molecule has 0 aromatic heterocycles. The molecule has 8 heteroatoms. The molecule has 2 heterocycles. The number of carbonyl (C=O) groups is 1. The molecule has 0 spiro atoms. The Labute approximate surface area is 131 Å². The lowest BCUT2D eigenvalue weighted by Gasteiger charge is -2.38. The van der Waals surface area contributed by atoms with Crippen LogP contribution in [0, 0.1) is 0 Å². The molecule has 126 valence electrons. The summed E-state index contributed by atoms with van der Waals surface area (Å²) in [6.07, 6.45) is -8.31. The average Bonchev–Trinajstić information content (AvgIpc) is 3.32. The van der Waals surface area contributed by atoms with Crippen LogP contribution in [0.5, 0.6) is 0 Å². The van der Waals surface area contributed by atoms with Crippen molar-refractivity contribution in [1.82, 2.24) is 0 Å². The number of aliphatic carboxylic acids is 1. The van der Waals surface area contributed by atoms with Crippen molar-refractivity contribution < 1.29 is 39.4 Å². The number of hydrogen-bond donors (Lipinski definition) is 4. The number of epoxide rings is 1. The zero-order valence-corrected chi connectivity index (χ0v) is 12.1. The van der Waals surface area contributed by atoms with E-state index in [1.165, 1.54) is 0 Å². The molecule has 7 atom stereocenters. The maximum absolute atomic E-state index is 11.0. The highest BCUT2D eigenvalue weighted by molar-refractivity contribution is 5.73. The van der Waals surface area contributed by atoms with Crippen LogP contribution in [-0.2, 0) is 19.0 Å². The second-order valence-corrected chi connectivity index (χ2v) is 5.57. The standard InChI is InChI=1S/C15H18O8/c16-9-10(17)13(14(19)20)23-15(11(9)18)21-6-8-12(22-8)7-4-2-1-3-5-7/h1-5,8-13,15-18H,6H2,(H,19,20). The van der Waals surface area contributed by atoms with Gasteiger partial charge >= 0.3 is 5.97 Å². The number of rotatable bonds is 5. The number of aliphatic hydroxyl groups is 3. The van der Waals surface area contributed by atoms with E-state index in [2.05, 4.69) is 0 Å². The Hall–Kier alpha value is -1.55. The Kier molecular flexibility index (Phi) is 4.62. The third-order valence-corrected chi connectivity index (χ3v) is 3.95. The summed E-state index contributed by atoms with van der Waals surface area (Å²) in [6, 6.07) is 9.49. The summed E-state index contributed by atoms with van der Waals surface area (Å²) < 4.78 is 15.8. The fourth-order valence-corrected chi connectivity index (χ4v) is 2.58. The summed E-state index contributed by atoms with van der Waals surface area (Å²) in [5.74, 6) is -1.44. The molecule has 0 aliphatic carbocycles. The molecular formula is C15H18O8. The van der Waals surface area contributed by atoms with Crippen LogP contribution < -0.4 is 0 Å². The maximum Gasteiger partial charge on any atom is 0.335 e. The van der Waals surface area contributed by atoms with Gasteiger partial charge in [-0.1, -0.05) is 30.3 Å². The Bertz CT molecular complexity index is 550. The van der Waals surface area contributed by atoms with Crippen molar-refractivity contribution in [2.45, 2.75) is 42.9 Å². The second-order valence-electron chi connectivity index (χ2n) is 5.57. The first kappa shape index (κ1) is 16.3. The minimum Gasteiger partial charge on any atom is -0.479 e. The number of ether oxygens (including phenoxy) is 3. The Morgan fingerprint density at radius 1 is 1.04 bits per heavy atom. The molecule has 0 saturated carbocycles. The predicted molar refractivity (Wildman–Crippen MR) is 74.3 cm³/mol. The van der Waals surface area contributed by atoms with Gasteiger partial charge in [0.25, 0.3) is 0 Å². The molecule has 23 heavy (non-hydrogen) atoms. The van der Waals surface area contributed by atoms with Gasteiger partial charge in [-0.25, -0.2) is 4.79 Å². The van der Waals surface area contributed by atoms with Crippen LogP contribution in [0.25, 0.3) is 0 Å². The predicted octanol–water partition coefficient (Wildman–Crippen LogP) is -0.965. The van der Waals surface area contributed by atoms with Gasteiger partial charge in [0, 0.05) is 0 Å². The SMILES string of the molecule is O=C(O)C1OC(OCC2OC2c2ccccc2)C(O)C(O)C1O. The first-order valence-corrected chi connectivity index (χ1v) is 7.23. The topological polar surface area (TPSA) is 129 Å². The lowest BCUT2D eigenvalue weighted by molar-refractivity contribution is -0.294. The summed E-state index contributed by atoms with van der Waals surface area (Å²) in [7, 11) is 0. The molecule has 4 N–H and O–H groups in total. The molecule has 1 aromatic carbocycles. The number of hydrogen-bond acceptors (Lipinski definition) is 7. The molecule has 7 unspecified atom stereocenters. The summed E-state index contributed by atoms with van der Waals surface area (Å²) in [5.41, 5.74) is 0.991. The fourth-order valence-electron chi connectivity index (χ4n) is 2.58. The third-order valence-electron chi connectivity index (χ3n) is 3.95. The van der Waals surface area contributed by atoms with Crippen molar-refractivity contribution in [3.63, 3.8) is 0 Å². The highest BCUT2D eigenvalue weighted by atomic mass is 16.7. The zero-order chi connectivity index (χ0) is 16.6. The van der Waals surface area contributed by atoms with Gasteiger partial charge in [-0.05, 0) is 5.56 Å². The van der Waals surface area contributed by atoms with E-state index in [9.17, 15) is 20.1 Å². The highest BCUT2D eigenvalue weighted by Crippen LogP contribution is 2.39. The average molecular weight is 326 g/mol. The fraction of sp³-hybridized carbons (Fsp3) is 0.533. The molecule has 2 aliphatic heterocycles. The van der Waals surface area contributed by atoms with E-state index in [1.54, 1.807) is 0 Å². The van der Waals surface area contributed by atoms with E-state index in [1.807, 2.05) is 30.3 Å². The van der Waals surface area contributed by atoms with Crippen LogP contribution in [0.4, 0.5) is 0 Å². The molecule has 8 nitrogen and oxygen atoms in total. The summed E-state index contributed by atoms with van der Waals surface area (Å²) >= 11 is 0. The summed E-state index contributed by atoms with van der Waals surface area (Å²) in [5, 5.41) is 38.1. The van der Waals surface area contributed by atoms with Crippen LogP contribution in [0.3, 0.4) is 0 Å². The number of benzene rings is 1. The zero-order valence-electron chi connectivity index (χ0n) is 12.1. The number of carboxylic acid groups (broad SMARTS) is 1. The van der Waals surface area contributed by atoms with Crippen LogP contribution in [0.15, 0.2) is 30.3 Å². The molecule has 3 rings (SSSR count). The van der Waals surface area contributed by atoms with E-state index in [-0.39, 0.29) is 18.8 Å². The number of carboxylic acids is 1. The molecule has 2 saturated heterocycles. The lowest BCUT2D eigenvalue weighted by atomic mass is 9.99. The second kappa shape index (κ2) is 6.52. The highest BCUT2D eigenvalue weighted by Gasteiger charge is 2.48. The minimum atomic E-state index is -1.73. The van der Waals surface area contributed by atoms with E-state index >= 15 is 0 Å². The van der Waals surface area contributed by atoms with Crippen LogP contribution in [-0.4, -0.2) is 69.8 Å². The molecule has 0 bridgehead atoms. The van der Waals surface area contributed by atoms with E-state index in [0.29, 0.717) is 0 Å². The summed E-state index contributed by atoms with van der Waals surface area (Å²) in [6.45, 7) is 0.0659. The van der Waals surface area contributed by atoms with Crippen LogP contribution >= 0.6 is 0 Å². The van der Waals surface area contributed by atoms with E-state index in [4.69, 9.17) is 19.3 Å². The maximum atomic E-state index is 11.0. The molecule has 1 aromatic rings. The van der Waals surface area contributed by atoms with E-state index in [0.717, 1.165) is 5.56 Å². The van der Waals surface area contributed by atoms with E-state index < -0.39 is 36.7 Å². The molecule has 0 radical (unpaired) electrons. The van der Waals surface area contributed by atoms with Gasteiger partial charge in [0.1, 0.15) is 30.5 Å². The normalized spacial score (nSPS) is 39.9. The van der Waals surface area contributed by atoms with Crippen molar-refractivity contribution in [2.24, 2.45) is 0 Å². The van der Waals surface area contributed by atoms with Gasteiger partial charge < -0.3 is 34.6 Å². The van der Waals surface area contributed by atoms with Gasteiger partial charge in [-0.3, -0.25) is 0 Å². The van der Waals surface area contributed by atoms with Crippen molar-refractivity contribution in [1.29, 1.82) is 0 Å². The summed E-state index contributed by atoms with van der Waals surface area (Å²) in [4.78, 5) is 11.0. The van der Waals surface area contributed by atoms with Crippen molar-refractivity contribution >= 4 is 5.97 Å². The first-order valence-electron chi connectivity index (χ1n) is 7.23. The Balaban J connectivity index is 1.55.